The lowest BCUT2D eigenvalue weighted by molar-refractivity contribution is 0.0955. The third kappa shape index (κ3) is 3.32. The zero-order valence-electron chi connectivity index (χ0n) is 7.68. The van der Waals surface area contributed by atoms with Crippen LogP contribution in [-0.4, -0.2) is 23.7 Å². The molecule has 1 rings (SSSR count). The first-order valence-corrected chi connectivity index (χ1v) is 4.26. The van der Waals surface area contributed by atoms with Gasteiger partial charge in [0.1, 0.15) is 0 Å². The number of amides is 1. The SMILES string of the molecule is NCCC=NNC(=O)c1ccncc1. The number of nitrogens with two attached hydrogens (primary N) is 1. The van der Waals surface area contributed by atoms with Crippen LogP contribution in [0, 0.1) is 0 Å². The average Bonchev–Trinajstić information content (AvgIpc) is 2.25. The number of carbonyl (C=O) groups excluding carboxylic acids is 1. The Kier molecular flexibility index (Phi) is 4.30. The first-order chi connectivity index (χ1) is 6.84. The minimum Gasteiger partial charge on any atom is -0.330 e. The van der Waals surface area contributed by atoms with Crippen molar-refractivity contribution in [3.63, 3.8) is 0 Å². The van der Waals surface area contributed by atoms with E-state index in [4.69, 9.17) is 5.73 Å². The first-order valence-electron chi connectivity index (χ1n) is 4.26. The Morgan fingerprint density at radius 1 is 1.57 bits per heavy atom. The van der Waals surface area contributed by atoms with E-state index in [1.54, 1.807) is 30.7 Å². The van der Waals surface area contributed by atoms with Crippen molar-refractivity contribution in [1.82, 2.24) is 10.4 Å². The molecule has 1 aromatic heterocycles. The summed E-state index contributed by atoms with van der Waals surface area (Å²) >= 11 is 0. The summed E-state index contributed by atoms with van der Waals surface area (Å²) in [5.74, 6) is -0.249. The smallest absolute Gasteiger partial charge is 0.271 e. The van der Waals surface area contributed by atoms with Gasteiger partial charge in [-0.1, -0.05) is 0 Å². The van der Waals surface area contributed by atoms with Crippen LogP contribution < -0.4 is 11.2 Å². The molecule has 0 unspecified atom stereocenters. The molecule has 1 heterocycles. The predicted octanol–water partition coefficient (Wildman–Crippen LogP) is 0.146. The highest BCUT2D eigenvalue weighted by atomic mass is 16.2. The van der Waals surface area contributed by atoms with Crippen molar-refractivity contribution in [3.8, 4) is 0 Å². The van der Waals surface area contributed by atoms with Crippen molar-refractivity contribution in [1.29, 1.82) is 0 Å². The Balaban J connectivity index is 2.44. The molecule has 0 spiro atoms. The Bertz CT molecular complexity index is 310. The van der Waals surface area contributed by atoms with E-state index in [2.05, 4.69) is 15.5 Å². The van der Waals surface area contributed by atoms with Crippen LogP contribution in [0.4, 0.5) is 0 Å². The topological polar surface area (TPSA) is 80.4 Å². The molecule has 3 N–H and O–H groups in total. The Morgan fingerprint density at radius 2 is 2.29 bits per heavy atom. The van der Waals surface area contributed by atoms with Crippen LogP contribution in [0.2, 0.25) is 0 Å². The summed E-state index contributed by atoms with van der Waals surface area (Å²) in [7, 11) is 0. The van der Waals surface area contributed by atoms with Crippen molar-refractivity contribution in [2.45, 2.75) is 6.42 Å². The molecule has 0 aromatic carbocycles. The van der Waals surface area contributed by atoms with Crippen molar-refractivity contribution in [2.75, 3.05) is 6.54 Å². The molecule has 0 fully saturated rings. The third-order valence-electron chi connectivity index (χ3n) is 1.50. The molecule has 1 aromatic rings. The molecule has 0 saturated heterocycles. The number of aromatic nitrogens is 1. The molecule has 0 bridgehead atoms. The zero-order chi connectivity index (χ0) is 10.2. The van der Waals surface area contributed by atoms with Crippen molar-refractivity contribution in [3.05, 3.63) is 30.1 Å². The van der Waals surface area contributed by atoms with Gasteiger partial charge in [-0.3, -0.25) is 9.78 Å². The summed E-state index contributed by atoms with van der Waals surface area (Å²) in [5.41, 5.74) is 8.16. The molecule has 0 radical (unpaired) electrons. The number of hydrogen-bond donors (Lipinski definition) is 2. The van der Waals surface area contributed by atoms with Crippen LogP contribution in [0.5, 0.6) is 0 Å². The molecule has 14 heavy (non-hydrogen) atoms. The lowest BCUT2D eigenvalue weighted by atomic mass is 10.3. The van der Waals surface area contributed by atoms with Crippen LogP contribution in [0.3, 0.4) is 0 Å². The highest BCUT2D eigenvalue weighted by Gasteiger charge is 2.01. The quantitative estimate of drug-likeness (QED) is 0.526. The molecule has 5 heteroatoms. The van der Waals surface area contributed by atoms with E-state index in [9.17, 15) is 4.79 Å². The number of hydrogen-bond acceptors (Lipinski definition) is 4. The van der Waals surface area contributed by atoms with E-state index >= 15 is 0 Å². The Labute approximate surface area is 82.0 Å². The summed E-state index contributed by atoms with van der Waals surface area (Å²) in [4.78, 5) is 15.1. The van der Waals surface area contributed by atoms with E-state index < -0.39 is 0 Å². The average molecular weight is 192 g/mol. The van der Waals surface area contributed by atoms with E-state index in [-0.39, 0.29) is 5.91 Å². The van der Waals surface area contributed by atoms with Gasteiger partial charge in [0.25, 0.3) is 5.91 Å². The number of nitrogens with one attached hydrogen (secondary N) is 1. The molecular weight excluding hydrogens is 180 g/mol. The predicted molar refractivity (Wildman–Crippen MR) is 53.9 cm³/mol. The number of carbonyl (C=O) groups is 1. The zero-order valence-corrected chi connectivity index (χ0v) is 7.68. The van der Waals surface area contributed by atoms with E-state index in [1.807, 2.05) is 0 Å². The minimum absolute atomic E-state index is 0.249. The van der Waals surface area contributed by atoms with Gasteiger partial charge in [0.15, 0.2) is 0 Å². The molecule has 0 aliphatic carbocycles. The van der Waals surface area contributed by atoms with E-state index in [1.165, 1.54) is 0 Å². The van der Waals surface area contributed by atoms with Gasteiger partial charge in [-0.25, -0.2) is 5.43 Å². The summed E-state index contributed by atoms with van der Waals surface area (Å²) < 4.78 is 0. The van der Waals surface area contributed by atoms with Crippen LogP contribution in [0.1, 0.15) is 16.8 Å². The molecule has 0 aliphatic heterocycles. The summed E-state index contributed by atoms with van der Waals surface area (Å²) in [5, 5.41) is 3.71. The maximum atomic E-state index is 11.3. The molecule has 74 valence electrons. The van der Waals surface area contributed by atoms with Crippen LogP contribution >= 0.6 is 0 Å². The molecule has 0 saturated carbocycles. The second kappa shape index (κ2) is 5.82. The number of hydrazone groups is 1. The van der Waals surface area contributed by atoms with Crippen molar-refractivity contribution >= 4 is 12.1 Å². The lowest BCUT2D eigenvalue weighted by Crippen LogP contribution is -2.17. The van der Waals surface area contributed by atoms with Gasteiger partial charge in [0, 0.05) is 24.2 Å². The monoisotopic (exact) mass is 192 g/mol. The summed E-state index contributed by atoms with van der Waals surface area (Å²) in [6.07, 6.45) is 5.33. The number of nitrogens with zero attached hydrogens (tertiary/aromatic N) is 2. The fourth-order valence-corrected chi connectivity index (χ4v) is 0.811. The van der Waals surface area contributed by atoms with E-state index in [0.717, 1.165) is 0 Å². The molecule has 0 atom stereocenters. The standard InChI is InChI=1S/C9H12N4O/c10-4-1-5-12-13-9(14)8-2-6-11-7-3-8/h2-3,5-7H,1,4,10H2,(H,13,14). The maximum Gasteiger partial charge on any atom is 0.271 e. The largest absolute Gasteiger partial charge is 0.330 e. The number of pyridine rings is 1. The highest BCUT2D eigenvalue weighted by Crippen LogP contribution is 1.94. The molecule has 0 aliphatic rings. The Hall–Kier alpha value is -1.75. The fraction of sp³-hybridized carbons (Fsp3) is 0.222. The molecular formula is C9H12N4O. The van der Waals surface area contributed by atoms with E-state index in [0.29, 0.717) is 18.5 Å². The second-order valence-corrected chi connectivity index (χ2v) is 2.57. The van der Waals surface area contributed by atoms with Gasteiger partial charge in [0.2, 0.25) is 0 Å². The van der Waals surface area contributed by atoms with Gasteiger partial charge in [-0.05, 0) is 25.1 Å². The maximum absolute atomic E-state index is 11.3. The first kappa shape index (κ1) is 10.3. The third-order valence-corrected chi connectivity index (χ3v) is 1.50. The second-order valence-electron chi connectivity index (χ2n) is 2.57. The van der Waals surface area contributed by atoms with Crippen LogP contribution in [0.25, 0.3) is 0 Å². The van der Waals surface area contributed by atoms with Gasteiger partial charge in [0.05, 0.1) is 0 Å². The van der Waals surface area contributed by atoms with Crippen LogP contribution in [-0.2, 0) is 0 Å². The number of rotatable bonds is 4. The van der Waals surface area contributed by atoms with Crippen molar-refractivity contribution in [2.24, 2.45) is 10.8 Å². The van der Waals surface area contributed by atoms with Crippen molar-refractivity contribution < 1.29 is 4.79 Å². The van der Waals surface area contributed by atoms with Gasteiger partial charge < -0.3 is 5.73 Å². The summed E-state index contributed by atoms with van der Waals surface area (Å²) in [6, 6.07) is 3.24. The normalized spacial score (nSPS) is 10.4. The summed E-state index contributed by atoms with van der Waals surface area (Å²) in [6.45, 7) is 0.522. The minimum atomic E-state index is -0.249. The van der Waals surface area contributed by atoms with Gasteiger partial charge >= 0.3 is 0 Å². The Morgan fingerprint density at radius 3 is 2.93 bits per heavy atom. The molecule has 1 amide bonds. The fourth-order valence-electron chi connectivity index (χ4n) is 0.811. The lowest BCUT2D eigenvalue weighted by Gasteiger charge is -1.97. The highest BCUT2D eigenvalue weighted by molar-refractivity contribution is 5.94. The van der Waals surface area contributed by atoms with Gasteiger partial charge in [-0.2, -0.15) is 5.10 Å². The molecule has 5 nitrogen and oxygen atoms in total. The van der Waals surface area contributed by atoms with Gasteiger partial charge in [-0.15, -0.1) is 0 Å². The van der Waals surface area contributed by atoms with Crippen LogP contribution in [0.15, 0.2) is 29.6 Å².